The first-order valence-electron chi connectivity index (χ1n) is 5.87. The average molecular weight is 317 g/mol. The highest BCUT2D eigenvalue weighted by Crippen LogP contribution is 2.23. The van der Waals surface area contributed by atoms with Crippen LogP contribution in [0.25, 0.3) is 0 Å². The molecular weight excluding hydrogens is 309 g/mol. The maximum absolute atomic E-state index is 13.4. The lowest BCUT2D eigenvalue weighted by Gasteiger charge is -2.10. The van der Waals surface area contributed by atoms with Crippen molar-refractivity contribution in [1.29, 1.82) is 0 Å². The van der Waals surface area contributed by atoms with Gasteiger partial charge in [0.05, 0.1) is 0 Å². The van der Waals surface area contributed by atoms with Crippen LogP contribution < -0.4 is 10.1 Å². The third-order valence-electron chi connectivity index (χ3n) is 2.55. The standard InChI is InChI=1S/C14H8F5NO2/c15-10-2-1-3-11(16)12(10)20-13(21)8-4-6-9(7-5-8)22-14(17,18)19/h1-7H,(H,20,21). The smallest absolute Gasteiger partial charge is 0.406 e. The summed E-state index contributed by atoms with van der Waals surface area (Å²) in [5, 5.41) is 2.01. The molecule has 1 amide bonds. The summed E-state index contributed by atoms with van der Waals surface area (Å²) >= 11 is 0. The van der Waals surface area contributed by atoms with E-state index in [1.54, 1.807) is 0 Å². The summed E-state index contributed by atoms with van der Waals surface area (Å²) in [5.74, 6) is -3.32. The van der Waals surface area contributed by atoms with Gasteiger partial charge in [0.2, 0.25) is 0 Å². The number of carbonyl (C=O) groups excluding carboxylic acids is 1. The lowest BCUT2D eigenvalue weighted by Crippen LogP contribution is -2.17. The summed E-state index contributed by atoms with van der Waals surface area (Å²) in [5.41, 5.74) is -0.722. The van der Waals surface area contributed by atoms with Gasteiger partial charge in [-0.05, 0) is 36.4 Å². The number of halogens is 5. The van der Waals surface area contributed by atoms with Crippen molar-refractivity contribution in [3.05, 3.63) is 59.7 Å². The molecule has 2 aromatic carbocycles. The van der Waals surface area contributed by atoms with Crippen molar-refractivity contribution in [3.8, 4) is 5.75 Å². The molecule has 2 aromatic rings. The third kappa shape index (κ3) is 3.94. The van der Waals surface area contributed by atoms with Crippen molar-refractivity contribution in [2.45, 2.75) is 6.36 Å². The number of nitrogens with one attached hydrogen (secondary N) is 1. The van der Waals surface area contributed by atoms with Gasteiger partial charge in [0.15, 0.2) is 0 Å². The van der Waals surface area contributed by atoms with Crippen LogP contribution in [0.2, 0.25) is 0 Å². The van der Waals surface area contributed by atoms with Crippen LogP contribution in [0.4, 0.5) is 27.6 Å². The van der Waals surface area contributed by atoms with Gasteiger partial charge >= 0.3 is 6.36 Å². The van der Waals surface area contributed by atoms with Crippen molar-refractivity contribution in [1.82, 2.24) is 0 Å². The van der Waals surface area contributed by atoms with E-state index in [0.29, 0.717) is 0 Å². The normalized spacial score (nSPS) is 11.1. The highest BCUT2D eigenvalue weighted by molar-refractivity contribution is 6.04. The van der Waals surface area contributed by atoms with Crippen LogP contribution in [-0.4, -0.2) is 12.3 Å². The van der Waals surface area contributed by atoms with Crippen LogP contribution in [0.5, 0.6) is 5.75 Å². The van der Waals surface area contributed by atoms with Crippen molar-refractivity contribution < 1.29 is 31.5 Å². The molecule has 8 heteroatoms. The van der Waals surface area contributed by atoms with Gasteiger partial charge in [-0.1, -0.05) is 6.07 Å². The molecule has 0 spiro atoms. The molecule has 0 saturated heterocycles. The number of benzene rings is 2. The Balaban J connectivity index is 2.13. The largest absolute Gasteiger partial charge is 0.573 e. The maximum atomic E-state index is 13.4. The number of ether oxygens (including phenoxy) is 1. The predicted octanol–water partition coefficient (Wildman–Crippen LogP) is 4.12. The molecule has 0 heterocycles. The second kappa shape index (κ2) is 6.00. The van der Waals surface area contributed by atoms with Gasteiger partial charge in [-0.15, -0.1) is 13.2 Å². The molecule has 2 rings (SSSR count). The monoisotopic (exact) mass is 317 g/mol. The number of alkyl halides is 3. The molecular formula is C14H8F5NO2. The Kier molecular flexibility index (Phi) is 4.30. The van der Waals surface area contributed by atoms with Gasteiger partial charge in [-0.3, -0.25) is 4.79 Å². The Morgan fingerprint density at radius 1 is 0.955 bits per heavy atom. The summed E-state index contributed by atoms with van der Waals surface area (Å²) in [4.78, 5) is 11.8. The zero-order valence-corrected chi connectivity index (χ0v) is 10.7. The quantitative estimate of drug-likeness (QED) is 0.865. The number of carbonyl (C=O) groups is 1. The number of hydrogen-bond donors (Lipinski definition) is 1. The molecule has 0 aliphatic heterocycles. The lowest BCUT2D eigenvalue weighted by atomic mass is 10.2. The van der Waals surface area contributed by atoms with Crippen molar-refractivity contribution in [3.63, 3.8) is 0 Å². The molecule has 116 valence electrons. The highest BCUT2D eigenvalue weighted by atomic mass is 19.4. The molecule has 22 heavy (non-hydrogen) atoms. The Morgan fingerprint density at radius 3 is 2.00 bits per heavy atom. The summed E-state index contributed by atoms with van der Waals surface area (Å²) in [6.07, 6.45) is -4.85. The first-order valence-corrected chi connectivity index (χ1v) is 5.87. The van der Waals surface area contributed by atoms with Gasteiger partial charge in [-0.25, -0.2) is 8.78 Å². The fraction of sp³-hybridized carbons (Fsp3) is 0.0714. The van der Waals surface area contributed by atoms with Crippen molar-refractivity contribution in [2.24, 2.45) is 0 Å². The van der Waals surface area contributed by atoms with Gasteiger partial charge in [0.1, 0.15) is 23.1 Å². The molecule has 1 N–H and O–H groups in total. The molecule has 0 saturated carbocycles. The van der Waals surface area contributed by atoms with E-state index >= 15 is 0 Å². The van der Waals surface area contributed by atoms with Crippen molar-refractivity contribution >= 4 is 11.6 Å². The summed E-state index contributed by atoms with van der Waals surface area (Å²) < 4.78 is 66.4. The second-order valence-corrected chi connectivity index (χ2v) is 4.12. The number of hydrogen-bond acceptors (Lipinski definition) is 2. The number of rotatable bonds is 3. The highest BCUT2D eigenvalue weighted by Gasteiger charge is 2.31. The van der Waals surface area contributed by atoms with E-state index in [4.69, 9.17) is 0 Å². The topological polar surface area (TPSA) is 38.3 Å². The van der Waals surface area contributed by atoms with E-state index in [9.17, 15) is 26.7 Å². The van der Waals surface area contributed by atoms with Gasteiger partial charge < -0.3 is 10.1 Å². The van der Waals surface area contributed by atoms with E-state index < -0.39 is 35.3 Å². The zero-order valence-electron chi connectivity index (χ0n) is 10.7. The molecule has 0 aromatic heterocycles. The van der Waals surface area contributed by atoms with E-state index in [1.165, 1.54) is 0 Å². The molecule has 0 unspecified atom stereocenters. The van der Waals surface area contributed by atoms with Gasteiger partial charge in [0, 0.05) is 5.56 Å². The number of para-hydroxylation sites is 1. The van der Waals surface area contributed by atoms with Crippen molar-refractivity contribution in [2.75, 3.05) is 5.32 Å². The maximum Gasteiger partial charge on any atom is 0.573 e. The van der Waals surface area contributed by atoms with Crippen LogP contribution in [-0.2, 0) is 0 Å². The van der Waals surface area contributed by atoms with E-state index in [2.05, 4.69) is 4.74 Å². The average Bonchev–Trinajstić information content (AvgIpc) is 2.42. The Bertz CT molecular complexity index is 662. The van der Waals surface area contributed by atoms with Crippen LogP contribution in [0.1, 0.15) is 10.4 Å². The van der Waals surface area contributed by atoms with Crippen LogP contribution in [0.3, 0.4) is 0 Å². The summed E-state index contributed by atoms with van der Waals surface area (Å²) in [7, 11) is 0. The van der Waals surface area contributed by atoms with Gasteiger partial charge in [-0.2, -0.15) is 0 Å². The lowest BCUT2D eigenvalue weighted by molar-refractivity contribution is -0.274. The minimum absolute atomic E-state index is 0.0859. The van der Waals surface area contributed by atoms with Crippen LogP contribution in [0, 0.1) is 11.6 Å². The van der Waals surface area contributed by atoms with Crippen LogP contribution >= 0.6 is 0 Å². The van der Waals surface area contributed by atoms with Gasteiger partial charge in [0.25, 0.3) is 5.91 Å². The van der Waals surface area contributed by atoms with E-state index in [1.807, 2.05) is 5.32 Å². The summed E-state index contributed by atoms with van der Waals surface area (Å²) in [6, 6.07) is 6.95. The fourth-order valence-corrected chi connectivity index (χ4v) is 1.61. The number of amides is 1. The minimum Gasteiger partial charge on any atom is -0.406 e. The SMILES string of the molecule is O=C(Nc1c(F)cccc1F)c1ccc(OC(F)(F)F)cc1. The molecule has 0 radical (unpaired) electrons. The summed E-state index contributed by atoms with van der Waals surface area (Å²) in [6.45, 7) is 0. The zero-order chi connectivity index (χ0) is 16.3. The number of anilines is 1. The van der Waals surface area contributed by atoms with E-state index in [0.717, 1.165) is 42.5 Å². The first kappa shape index (κ1) is 15.7. The van der Waals surface area contributed by atoms with E-state index in [-0.39, 0.29) is 5.56 Å². The molecule has 0 atom stereocenters. The Hall–Kier alpha value is -2.64. The third-order valence-corrected chi connectivity index (χ3v) is 2.55. The molecule has 3 nitrogen and oxygen atoms in total. The molecule has 0 fully saturated rings. The molecule has 0 aliphatic carbocycles. The Morgan fingerprint density at radius 2 is 1.50 bits per heavy atom. The fourth-order valence-electron chi connectivity index (χ4n) is 1.61. The Labute approximate surface area is 121 Å². The molecule has 0 bridgehead atoms. The van der Waals surface area contributed by atoms with Crippen LogP contribution in [0.15, 0.2) is 42.5 Å². The first-order chi connectivity index (χ1) is 10.3. The second-order valence-electron chi connectivity index (χ2n) is 4.12. The minimum atomic E-state index is -4.85. The predicted molar refractivity (Wildman–Crippen MR) is 67.4 cm³/mol. The molecule has 0 aliphatic rings.